The molecule has 2 saturated heterocycles. The average molecular weight is 234 g/mol. The maximum absolute atomic E-state index is 11.6. The number of carbonyl (C=O) groups is 1. The summed E-state index contributed by atoms with van der Waals surface area (Å²) in [5.74, 6) is 0.846. The highest BCUT2D eigenvalue weighted by molar-refractivity contribution is 5.85. The fraction of sp³-hybridized carbons (Fsp3) is 0.900. The number of piperidine rings is 1. The smallest absolute Gasteiger partial charge is 0.237 e. The van der Waals surface area contributed by atoms with Gasteiger partial charge in [-0.2, -0.15) is 0 Å². The van der Waals surface area contributed by atoms with Gasteiger partial charge < -0.3 is 16.0 Å². The van der Waals surface area contributed by atoms with E-state index in [-0.39, 0.29) is 24.4 Å². The molecule has 0 saturated carbocycles. The first-order chi connectivity index (χ1) is 6.86. The number of hydrogen-bond acceptors (Lipinski definition) is 3. The predicted octanol–water partition coefficient (Wildman–Crippen LogP) is -0.114. The molecule has 0 unspecified atom stereocenters. The zero-order valence-electron chi connectivity index (χ0n) is 8.92. The van der Waals surface area contributed by atoms with Gasteiger partial charge in [0.15, 0.2) is 0 Å². The minimum absolute atomic E-state index is 0. The maximum atomic E-state index is 11.6. The minimum atomic E-state index is 0. The van der Waals surface area contributed by atoms with Crippen molar-refractivity contribution >= 4 is 18.3 Å². The van der Waals surface area contributed by atoms with Gasteiger partial charge in [0.05, 0.1) is 6.04 Å². The van der Waals surface area contributed by atoms with Crippen LogP contribution in [0.2, 0.25) is 0 Å². The van der Waals surface area contributed by atoms with Gasteiger partial charge in [-0.1, -0.05) is 6.42 Å². The monoisotopic (exact) mass is 233 g/mol. The zero-order valence-corrected chi connectivity index (χ0v) is 9.74. The van der Waals surface area contributed by atoms with Crippen molar-refractivity contribution in [3.8, 4) is 0 Å². The van der Waals surface area contributed by atoms with Gasteiger partial charge in [0.2, 0.25) is 5.91 Å². The molecule has 2 fully saturated rings. The summed E-state index contributed by atoms with van der Waals surface area (Å²) < 4.78 is 0. The lowest BCUT2D eigenvalue weighted by Gasteiger charge is -2.29. The van der Waals surface area contributed by atoms with Crippen molar-refractivity contribution in [2.45, 2.75) is 25.3 Å². The molecular formula is C10H20ClN3O. The van der Waals surface area contributed by atoms with E-state index < -0.39 is 0 Å². The van der Waals surface area contributed by atoms with E-state index in [4.69, 9.17) is 0 Å². The lowest BCUT2D eigenvalue weighted by Crippen LogP contribution is -2.52. The van der Waals surface area contributed by atoms with Crippen LogP contribution in [0.25, 0.3) is 0 Å². The van der Waals surface area contributed by atoms with Crippen LogP contribution in [0.4, 0.5) is 0 Å². The summed E-state index contributed by atoms with van der Waals surface area (Å²) in [6.07, 6.45) is 3.38. The molecule has 2 aliphatic heterocycles. The normalized spacial score (nSPS) is 26.3. The first-order valence-electron chi connectivity index (χ1n) is 5.58. The van der Waals surface area contributed by atoms with Crippen LogP contribution in [0.3, 0.4) is 0 Å². The van der Waals surface area contributed by atoms with Crippen molar-refractivity contribution in [1.82, 2.24) is 16.0 Å². The Bertz CT molecular complexity index is 203. The largest absolute Gasteiger partial charge is 0.354 e. The second-order valence-electron chi connectivity index (χ2n) is 4.27. The maximum Gasteiger partial charge on any atom is 0.237 e. The molecule has 3 N–H and O–H groups in total. The van der Waals surface area contributed by atoms with Crippen LogP contribution in [-0.2, 0) is 4.79 Å². The van der Waals surface area contributed by atoms with Crippen LogP contribution in [0.15, 0.2) is 0 Å². The van der Waals surface area contributed by atoms with Crippen molar-refractivity contribution in [3.63, 3.8) is 0 Å². The molecule has 0 spiro atoms. The van der Waals surface area contributed by atoms with Crippen LogP contribution in [0, 0.1) is 5.92 Å². The van der Waals surface area contributed by atoms with Gasteiger partial charge in [0.1, 0.15) is 0 Å². The second-order valence-corrected chi connectivity index (χ2v) is 4.27. The Morgan fingerprint density at radius 1 is 1.33 bits per heavy atom. The summed E-state index contributed by atoms with van der Waals surface area (Å²) in [4.78, 5) is 11.6. The summed E-state index contributed by atoms with van der Waals surface area (Å²) >= 11 is 0. The molecule has 0 aromatic heterocycles. The molecule has 2 aliphatic rings. The fourth-order valence-electron chi connectivity index (χ4n) is 1.94. The minimum Gasteiger partial charge on any atom is -0.354 e. The number of halogens is 1. The standard InChI is InChI=1S/C10H19N3O.ClH/c14-10(9-3-1-2-4-12-9)13-7-8-5-11-6-8;/h8-9,11-12H,1-7H2,(H,13,14);1H/t9-;/m1./s1. The number of rotatable bonds is 3. The number of hydrogen-bond donors (Lipinski definition) is 3. The molecule has 88 valence electrons. The molecule has 5 heteroatoms. The molecule has 0 radical (unpaired) electrons. The molecular weight excluding hydrogens is 214 g/mol. The SMILES string of the molecule is Cl.O=C(NCC1CNC1)[C@H]1CCCCN1. The van der Waals surface area contributed by atoms with Gasteiger partial charge >= 0.3 is 0 Å². The van der Waals surface area contributed by atoms with E-state index in [0.29, 0.717) is 5.92 Å². The van der Waals surface area contributed by atoms with Gasteiger partial charge in [-0.3, -0.25) is 4.79 Å². The van der Waals surface area contributed by atoms with E-state index in [0.717, 1.165) is 32.6 Å². The third-order valence-corrected chi connectivity index (χ3v) is 3.06. The second kappa shape index (κ2) is 6.30. The van der Waals surface area contributed by atoms with Gasteiger partial charge in [0.25, 0.3) is 0 Å². The first kappa shape index (κ1) is 12.7. The Morgan fingerprint density at radius 2 is 2.13 bits per heavy atom. The van der Waals surface area contributed by atoms with Gasteiger partial charge in [-0.15, -0.1) is 12.4 Å². The van der Waals surface area contributed by atoms with Crippen molar-refractivity contribution in [3.05, 3.63) is 0 Å². The van der Waals surface area contributed by atoms with Crippen molar-refractivity contribution in [2.75, 3.05) is 26.2 Å². The van der Waals surface area contributed by atoms with E-state index in [1.165, 1.54) is 12.8 Å². The van der Waals surface area contributed by atoms with E-state index >= 15 is 0 Å². The highest BCUT2D eigenvalue weighted by Gasteiger charge is 2.22. The fourth-order valence-corrected chi connectivity index (χ4v) is 1.94. The van der Waals surface area contributed by atoms with Gasteiger partial charge in [-0.05, 0) is 19.4 Å². The van der Waals surface area contributed by atoms with E-state index in [2.05, 4.69) is 16.0 Å². The zero-order chi connectivity index (χ0) is 9.80. The molecule has 1 atom stereocenters. The third-order valence-electron chi connectivity index (χ3n) is 3.06. The van der Waals surface area contributed by atoms with E-state index in [1.807, 2.05) is 0 Å². The van der Waals surface area contributed by atoms with Crippen molar-refractivity contribution < 1.29 is 4.79 Å². The molecule has 2 heterocycles. The number of nitrogens with one attached hydrogen (secondary N) is 3. The Morgan fingerprint density at radius 3 is 2.67 bits per heavy atom. The van der Waals surface area contributed by atoms with Crippen LogP contribution < -0.4 is 16.0 Å². The Labute approximate surface area is 97.0 Å². The summed E-state index contributed by atoms with van der Waals surface area (Å²) in [7, 11) is 0. The van der Waals surface area contributed by atoms with E-state index in [9.17, 15) is 4.79 Å². The van der Waals surface area contributed by atoms with Crippen LogP contribution >= 0.6 is 12.4 Å². The quantitative estimate of drug-likeness (QED) is 0.638. The number of carbonyl (C=O) groups excluding carboxylic acids is 1. The van der Waals surface area contributed by atoms with Crippen LogP contribution in [0.5, 0.6) is 0 Å². The Kier molecular flexibility index (Phi) is 5.36. The molecule has 0 aromatic carbocycles. The summed E-state index contributed by atoms with van der Waals surface area (Å²) in [6.45, 7) is 3.93. The van der Waals surface area contributed by atoms with Gasteiger partial charge in [0, 0.05) is 25.6 Å². The molecule has 15 heavy (non-hydrogen) atoms. The topological polar surface area (TPSA) is 53.2 Å². The molecule has 1 amide bonds. The van der Waals surface area contributed by atoms with Crippen LogP contribution in [0.1, 0.15) is 19.3 Å². The molecule has 4 nitrogen and oxygen atoms in total. The van der Waals surface area contributed by atoms with E-state index in [1.54, 1.807) is 0 Å². The summed E-state index contributed by atoms with van der Waals surface area (Å²) in [5, 5.41) is 9.46. The average Bonchev–Trinajstić information content (AvgIpc) is 2.16. The predicted molar refractivity (Wildman–Crippen MR) is 62.3 cm³/mol. The highest BCUT2D eigenvalue weighted by atomic mass is 35.5. The van der Waals surface area contributed by atoms with Crippen LogP contribution in [-0.4, -0.2) is 38.1 Å². The molecule has 0 aliphatic carbocycles. The lowest BCUT2D eigenvalue weighted by molar-refractivity contribution is -0.123. The molecule has 0 bridgehead atoms. The lowest BCUT2D eigenvalue weighted by atomic mass is 10.0. The Hall–Kier alpha value is -0.320. The van der Waals surface area contributed by atoms with Crippen molar-refractivity contribution in [2.24, 2.45) is 5.92 Å². The number of amides is 1. The summed E-state index contributed by atoms with van der Waals surface area (Å²) in [5.41, 5.74) is 0. The first-order valence-corrected chi connectivity index (χ1v) is 5.58. The third kappa shape index (κ3) is 3.63. The molecule has 0 aromatic rings. The summed E-state index contributed by atoms with van der Waals surface area (Å²) in [6, 6.07) is 0.0665. The van der Waals surface area contributed by atoms with Gasteiger partial charge in [-0.25, -0.2) is 0 Å². The highest BCUT2D eigenvalue weighted by Crippen LogP contribution is 2.07. The van der Waals surface area contributed by atoms with Crippen molar-refractivity contribution in [1.29, 1.82) is 0 Å². The Balaban J connectivity index is 0.00000112. The molecule has 2 rings (SSSR count).